The van der Waals surface area contributed by atoms with Gasteiger partial charge in [0.05, 0.1) is 13.5 Å². The fourth-order valence-corrected chi connectivity index (χ4v) is 7.30. The SMILES string of the molecule is COC1=C(C)[C@@H]2CC(=O)O[C@@H]3C[C@H]4[C@H](C)CC(OC(C)=O)C(=O)[C@]4(C)[C@@H](C1=O)[C@@]32C. The molecule has 8 atom stereocenters. The van der Waals surface area contributed by atoms with Gasteiger partial charge in [-0.05, 0) is 37.2 Å². The number of ketones is 2. The molecule has 0 radical (unpaired) electrons. The van der Waals surface area contributed by atoms with Gasteiger partial charge in [0.1, 0.15) is 6.10 Å². The number of hydrogen-bond donors (Lipinski definition) is 0. The normalized spacial score (nSPS) is 45.3. The predicted octanol–water partition coefficient (Wildman–Crippen LogP) is 2.61. The van der Waals surface area contributed by atoms with Crippen LogP contribution in [0, 0.1) is 34.5 Å². The molecule has 7 nitrogen and oxygen atoms in total. The van der Waals surface area contributed by atoms with E-state index in [2.05, 4.69) is 0 Å². The molecule has 4 rings (SSSR count). The number of Topliss-reactive ketones (excluding diaryl/α,β-unsaturated/α-hetero) is 2. The van der Waals surface area contributed by atoms with Crippen LogP contribution in [0.1, 0.15) is 53.9 Å². The number of allylic oxidation sites excluding steroid dienone is 2. The molecule has 0 N–H and O–H groups in total. The van der Waals surface area contributed by atoms with E-state index >= 15 is 0 Å². The molecule has 0 aromatic heterocycles. The van der Waals surface area contributed by atoms with Crippen LogP contribution in [-0.2, 0) is 33.4 Å². The average Bonchev–Trinajstić information content (AvgIpc) is 2.64. The Balaban J connectivity index is 1.92. The fourth-order valence-electron chi connectivity index (χ4n) is 7.30. The van der Waals surface area contributed by atoms with Crippen molar-refractivity contribution in [1.82, 2.24) is 0 Å². The molecule has 164 valence electrons. The van der Waals surface area contributed by atoms with E-state index in [0.29, 0.717) is 12.8 Å². The Kier molecular flexibility index (Phi) is 4.68. The minimum absolute atomic E-state index is 0.0199. The second-order valence-corrected chi connectivity index (χ2v) is 9.91. The maximum absolute atomic E-state index is 13.8. The van der Waals surface area contributed by atoms with Crippen LogP contribution >= 0.6 is 0 Å². The lowest BCUT2D eigenvalue weighted by atomic mass is 9.39. The lowest BCUT2D eigenvalue weighted by Gasteiger charge is -2.65. The quantitative estimate of drug-likeness (QED) is 0.636. The first-order valence-electron chi connectivity index (χ1n) is 10.7. The first-order chi connectivity index (χ1) is 14.0. The van der Waals surface area contributed by atoms with E-state index in [-0.39, 0.29) is 47.5 Å². The summed E-state index contributed by atoms with van der Waals surface area (Å²) in [5.74, 6) is -2.05. The van der Waals surface area contributed by atoms with Gasteiger partial charge in [-0.15, -0.1) is 0 Å². The van der Waals surface area contributed by atoms with Crippen molar-refractivity contribution in [3.63, 3.8) is 0 Å². The summed E-state index contributed by atoms with van der Waals surface area (Å²) in [5.41, 5.74) is -1.000. The van der Waals surface area contributed by atoms with E-state index in [1.807, 2.05) is 27.7 Å². The Morgan fingerprint density at radius 2 is 1.83 bits per heavy atom. The number of ether oxygens (including phenoxy) is 3. The zero-order chi connectivity index (χ0) is 22.2. The number of carbonyl (C=O) groups excluding carboxylic acids is 4. The summed E-state index contributed by atoms with van der Waals surface area (Å²) in [5, 5.41) is 0. The minimum Gasteiger partial charge on any atom is -0.493 e. The molecule has 0 bridgehead atoms. The van der Waals surface area contributed by atoms with Gasteiger partial charge in [0.2, 0.25) is 5.78 Å². The lowest BCUT2D eigenvalue weighted by Crippen LogP contribution is -2.70. The summed E-state index contributed by atoms with van der Waals surface area (Å²) in [4.78, 5) is 51.6. The van der Waals surface area contributed by atoms with Gasteiger partial charge in [-0.1, -0.05) is 20.8 Å². The summed E-state index contributed by atoms with van der Waals surface area (Å²) in [6.07, 6.45) is -0.215. The zero-order valence-electron chi connectivity index (χ0n) is 18.4. The highest BCUT2D eigenvalue weighted by Gasteiger charge is 2.72. The van der Waals surface area contributed by atoms with Crippen LogP contribution in [0.2, 0.25) is 0 Å². The van der Waals surface area contributed by atoms with Crippen LogP contribution in [0.25, 0.3) is 0 Å². The first-order valence-corrected chi connectivity index (χ1v) is 10.7. The number of rotatable bonds is 2. The van der Waals surface area contributed by atoms with Crippen molar-refractivity contribution >= 4 is 23.5 Å². The molecule has 0 amide bonds. The monoisotopic (exact) mass is 418 g/mol. The van der Waals surface area contributed by atoms with Gasteiger partial charge in [0.25, 0.3) is 0 Å². The van der Waals surface area contributed by atoms with Gasteiger partial charge in [-0.3, -0.25) is 19.2 Å². The molecule has 1 aliphatic heterocycles. The molecule has 0 aromatic carbocycles. The first kappa shape index (κ1) is 21.1. The summed E-state index contributed by atoms with van der Waals surface area (Å²) in [6, 6.07) is 0. The zero-order valence-corrected chi connectivity index (χ0v) is 18.4. The van der Waals surface area contributed by atoms with Crippen molar-refractivity contribution in [2.75, 3.05) is 7.11 Å². The highest BCUT2D eigenvalue weighted by atomic mass is 16.6. The van der Waals surface area contributed by atoms with Crippen molar-refractivity contribution in [1.29, 1.82) is 0 Å². The van der Waals surface area contributed by atoms with Crippen LogP contribution in [0.5, 0.6) is 0 Å². The topological polar surface area (TPSA) is 96.0 Å². The molecular weight excluding hydrogens is 388 g/mol. The maximum atomic E-state index is 13.8. The van der Waals surface area contributed by atoms with Crippen molar-refractivity contribution in [2.45, 2.75) is 66.1 Å². The summed E-state index contributed by atoms with van der Waals surface area (Å²) in [6.45, 7) is 8.96. The Bertz CT molecular complexity index is 873. The van der Waals surface area contributed by atoms with Crippen molar-refractivity contribution in [3.8, 4) is 0 Å². The average molecular weight is 418 g/mol. The third-order valence-electron chi connectivity index (χ3n) is 8.52. The van der Waals surface area contributed by atoms with E-state index in [1.54, 1.807) is 0 Å². The van der Waals surface area contributed by atoms with Gasteiger partial charge >= 0.3 is 11.9 Å². The molecule has 3 aliphatic carbocycles. The molecule has 4 aliphatic rings. The number of methoxy groups -OCH3 is 1. The standard InChI is InChI=1S/C23H30O7/c1-10-7-15(29-12(3)24)21(27)23(5)13(10)8-16-22(4)14(9-17(25)30-16)11(2)19(28-6)18(26)20(22)23/h10,13-16,20H,7-9H2,1-6H3/t10-,13+,14+,15?,16-,20+,22-,23+/m1/s1. The third-order valence-corrected chi connectivity index (χ3v) is 8.52. The number of carbonyl (C=O) groups is 4. The minimum atomic E-state index is -1.04. The van der Waals surface area contributed by atoms with E-state index in [9.17, 15) is 19.2 Å². The smallest absolute Gasteiger partial charge is 0.306 e. The molecule has 3 fully saturated rings. The van der Waals surface area contributed by atoms with Crippen LogP contribution in [-0.4, -0.2) is 42.8 Å². The van der Waals surface area contributed by atoms with E-state index in [1.165, 1.54) is 14.0 Å². The molecule has 0 aromatic rings. The second kappa shape index (κ2) is 6.66. The highest BCUT2D eigenvalue weighted by Crippen LogP contribution is 2.67. The lowest BCUT2D eigenvalue weighted by molar-refractivity contribution is -0.225. The van der Waals surface area contributed by atoms with Crippen molar-refractivity contribution in [2.24, 2.45) is 34.5 Å². The molecule has 1 unspecified atom stereocenters. The summed E-state index contributed by atoms with van der Waals surface area (Å²) < 4.78 is 16.7. The van der Waals surface area contributed by atoms with Crippen molar-refractivity contribution < 1.29 is 33.4 Å². The molecular formula is C23H30O7. The Labute approximate surface area is 176 Å². The largest absolute Gasteiger partial charge is 0.493 e. The molecule has 1 saturated heterocycles. The van der Waals surface area contributed by atoms with Crippen LogP contribution < -0.4 is 0 Å². The highest BCUT2D eigenvalue weighted by molar-refractivity contribution is 6.04. The van der Waals surface area contributed by atoms with Gasteiger partial charge in [-0.2, -0.15) is 0 Å². The number of hydrogen-bond acceptors (Lipinski definition) is 7. The second-order valence-electron chi connectivity index (χ2n) is 9.91. The van der Waals surface area contributed by atoms with E-state index in [0.717, 1.165) is 5.57 Å². The van der Waals surface area contributed by atoms with Gasteiger partial charge in [0.15, 0.2) is 17.6 Å². The number of fused-ring (bicyclic) bond motifs is 2. The van der Waals surface area contributed by atoms with Gasteiger partial charge in [0, 0.05) is 29.6 Å². The molecule has 2 saturated carbocycles. The molecule has 0 spiro atoms. The van der Waals surface area contributed by atoms with Crippen LogP contribution in [0.4, 0.5) is 0 Å². The fraction of sp³-hybridized carbons (Fsp3) is 0.739. The number of esters is 2. The van der Waals surface area contributed by atoms with Gasteiger partial charge in [-0.25, -0.2) is 0 Å². The summed E-state index contributed by atoms with van der Waals surface area (Å²) >= 11 is 0. The van der Waals surface area contributed by atoms with Crippen molar-refractivity contribution in [3.05, 3.63) is 11.3 Å². The Morgan fingerprint density at radius 1 is 1.17 bits per heavy atom. The molecule has 7 heteroatoms. The molecule has 30 heavy (non-hydrogen) atoms. The predicted molar refractivity (Wildman–Crippen MR) is 105 cm³/mol. The van der Waals surface area contributed by atoms with Gasteiger partial charge < -0.3 is 14.2 Å². The van der Waals surface area contributed by atoms with Crippen LogP contribution in [0.3, 0.4) is 0 Å². The summed E-state index contributed by atoms with van der Waals surface area (Å²) in [7, 11) is 1.45. The third kappa shape index (κ3) is 2.50. The van der Waals surface area contributed by atoms with E-state index < -0.39 is 34.9 Å². The molecule has 1 heterocycles. The maximum Gasteiger partial charge on any atom is 0.306 e. The Hall–Kier alpha value is -2.18. The van der Waals surface area contributed by atoms with E-state index in [4.69, 9.17) is 14.2 Å². The Morgan fingerprint density at radius 3 is 2.43 bits per heavy atom. The van der Waals surface area contributed by atoms with Crippen LogP contribution in [0.15, 0.2) is 11.3 Å².